The van der Waals surface area contributed by atoms with E-state index >= 15 is 0 Å². The van der Waals surface area contributed by atoms with Crippen molar-refractivity contribution < 1.29 is 4.79 Å². The highest BCUT2D eigenvalue weighted by Crippen LogP contribution is 2.28. The van der Waals surface area contributed by atoms with Crippen molar-refractivity contribution >= 4 is 5.91 Å². The Morgan fingerprint density at radius 2 is 1.44 bits per heavy atom. The Balaban J connectivity index is 1.81. The molecule has 4 heteroatoms. The summed E-state index contributed by atoms with van der Waals surface area (Å²) in [6.07, 6.45) is 0.710. The first kappa shape index (κ1) is 21.3. The summed E-state index contributed by atoms with van der Waals surface area (Å²) >= 11 is 0. The lowest BCUT2D eigenvalue weighted by Gasteiger charge is -2.14. The molecule has 0 spiro atoms. The monoisotopic (exact) mass is 421 g/mol. The minimum absolute atomic E-state index is 0.161. The van der Waals surface area contributed by atoms with E-state index in [4.69, 9.17) is 4.98 Å². The second-order valence-corrected chi connectivity index (χ2v) is 7.89. The molecular formula is C28H27N3O. The molecule has 0 atom stereocenters. The number of carbonyl (C=O) groups is 1. The Bertz CT molecular complexity index is 1200. The van der Waals surface area contributed by atoms with E-state index in [9.17, 15) is 4.79 Å². The SMILES string of the molecule is C=C(C)C(=O)NCc1nc(Cc2ccccc2)n(Cc2ccccc2)c1-c1ccccc1. The summed E-state index contributed by atoms with van der Waals surface area (Å²) in [7, 11) is 0. The molecule has 0 fully saturated rings. The molecule has 4 nitrogen and oxygen atoms in total. The van der Waals surface area contributed by atoms with Crippen LogP contribution in [0.3, 0.4) is 0 Å². The van der Waals surface area contributed by atoms with Crippen LogP contribution in [0.2, 0.25) is 0 Å². The van der Waals surface area contributed by atoms with Crippen molar-refractivity contribution in [1.29, 1.82) is 0 Å². The Morgan fingerprint density at radius 1 is 0.875 bits per heavy atom. The minimum atomic E-state index is -0.161. The second-order valence-electron chi connectivity index (χ2n) is 7.89. The lowest BCUT2D eigenvalue weighted by Crippen LogP contribution is -2.23. The molecule has 1 aromatic heterocycles. The number of nitrogens with one attached hydrogen (secondary N) is 1. The zero-order chi connectivity index (χ0) is 22.3. The average molecular weight is 422 g/mol. The third-order valence-corrected chi connectivity index (χ3v) is 5.36. The van der Waals surface area contributed by atoms with Crippen LogP contribution in [-0.2, 0) is 24.3 Å². The maximum absolute atomic E-state index is 12.2. The first-order chi connectivity index (χ1) is 15.6. The van der Waals surface area contributed by atoms with Gasteiger partial charge >= 0.3 is 0 Å². The molecule has 0 unspecified atom stereocenters. The number of hydrogen-bond acceptors (Lipinski definition) is 2. The van der Waals surface area contributed by atoms with Crippen molar-refractivity contribution in [2.45, 2.75) is 26.4 Å². The number of hydrogen-bond donors (Lipinski definition) is 1. The van der Waals surface area contributed by atoms with Crippen molar-refractivity contribution in [1.82, 2.24) is 14.9 Å². The topological polar surface area (TPSA) is 46.9 Å². The molecule has 4 aromatic rings. The molecule has 3 aromatic carbocycles. The van der Waals surface area contributed by atoms with E-state index < -0.39 is 0 Å². The quantitative estimate of drug-likeness (QED) is 0.388. The number of amides is 1. The number of carbonyl (C=O) groups excluding carboxylic acids is 1. The van der Waals surface area contributed by atoms with E-state index in [1.807, 2.05) is 42.5 Å². The Labute approximate surface area is 189 Å². The van der Waals surface area contributed by atoms with Crippen LogP contribution in [0.4, 0.5) is 0 Å². The van der Waals surface area contributed by atoms with Gasteiger partial charge in [0.15, 0.2) is 0 Å². The third kappa shape index (κ3) is 5.03. The predicted octanol–water partition coefficient (Wildman–Crippen LogP) is 5.38. The molecule has 4 rings (SSSR count). The first-order valence-electron chi connectivity index (χ1n) is 10.8. The fourth-order valence-electron chi connectivity index (χ4n) is 3.76. The van der Waals surface area contributed by atoms with Gasteiger partial charge in [-0.05, 0) is 18.1 Å². The summed E-state index contributed by atoms with van der Waals surface area (Å²) in [5.74, 6) is 0.810. The summed E-state index contributed by atoms with van der Waals surface area (Å²) < 4.78 is 2.28. The normalized spacial score (nSPS) is 10.7. The number of imidazole rings is 1. The first-order valence-corrected chi connectivity index (χ1v) is 10.8. The molecular weight excluding hydrogens is 394 g/mol. The number of aromatic nitrogens is 2. The highest BCUT2D eigenvalue weighted by molar-refractivity contribution is 5.92. The van der Waals surface area contributed by atoms with Crippen molar-refractivity contribution in [2.75, 3.05) is 0 Å². The molecule has 1 amide bonds. The molecule has 0 saturated heterocycles. The van der Waals surface area contributed by atoms with Gasteiger partial charge in [-0.1, -0.05) is 97.6 Å². The zero-order valence-electron chi connectivity index (χ0n) is 18.3. The van der Waals surface area contributed by atoms with Gasteiger partial charge in [0.1, 0.15) is 5.82 Å². The van der Waals surface area contributed by atoms with Gasteiger partial charge in [0, 0.05) is 24.1 Å². The molecule has 1 N–H and O–H groups in total. The Morgan fingerprint density at radius 3 is 2.03 bits per heavy atom. The van der Waals surface area contributed by atoms with Gasteiger partial charge < -0.3 is 9.88 Å². The molecule has 0 aliphatic carbocycles. The van der Waals surface area contributed by atoms with Crippen LogP contribution in [-0.4, -0.2) is 15.5 Å². The highest BCUT2D eigenvalue weighted by atomic mass is 16.1. The number of rotatable bonds is 8. The van der Waals surface area contributed by atoms with Crippen LogP contribution in [0.15, 0.2) is 103 Å². The van der Waals surface area contributed by atoms with Crippen molar-refractivity contribution in [3.63, 3.8) is 0 Å². The largest absolute Gasteiger partial charge is 0.347 e. The van der Waals surface area contributed by atoms with Gasteiger partial charge in [-0.2, -0.15) is 0 Å². The van der Waals surface area contributed by atoms with Gasteiger partial charge in [0.2, 0.25) is 5.91 Å². The molecule has 0 radical (unpaired) electrons. The highest BCUT2D eigenvalue weighted by Gasteiger charge is 2.20. The summed E-state index contributed by atoms with van der Waals surface area (Å²) in [6, 6.07) is 31.0. The zero-order valence-corrected chi connectivity index (χ0v) is 18.3. The lowest BCUT2D eigenvalue weighted by atomic mass is 10.1. The van der Waals surface area contributed by atoms with Crippen LogP contribution in [0, 0.1) is 0 Å². The lowest BCUT2D eigenvalue weighted by molar-refractivity contribution is -0.117. The van der Waals surface area contributed by atoms with E-state index in [2.05, 4.69) is 65.0 Å². The fourth-order valence-corrected chi connectivity index (χ4v) is 3.76. The molecule has 0 saturated carbocycles. The summed E-state index contributed by atoms with van der Waals surface area (Å²) in [5.41, 5.74) is 5.85. The third-order valence-electron chi connectivity index (χ3n) is 5.36. The van der Waals surface area contributed by atoms with E-state index in [0.717, 1.165) is 22.8 Å². The van der Waals surface area contributed by atoms with Gasteiger partial charge in [-0.25, -0.2) is 4.98 Å². The molecule has 0 bridgehead atoms. The fraction of sp³-hybridized carbons (Fsp3) is 0.143. The molecule has 0 aliphatic rings. The maximum Gasteiger partial charge on any atom is 0.246 e. The van der Waals surface area contributed by atoms with Crippen LogP contribution in [0.5, 0.6) is 0 Å². The minimum Gasteiger partial charge on any atom is -0.347 e. The van der Waals surface area contributed by atoms with E-state index in [1.165, 1.54) is 11.1 Å². The Hall–Kier alpha value is -3.92. The maximum atomic E-state index is 12.2. The van der Waals surface area contributed by atoms with E-state index in [-0.39, 0.29) is 5.91 Å². The van der Waals surface area contributed by atoms with Crippen LogP contribution >= 0.6 is 0 Å². The summed E-state index contributed by atoms with van der Waals surface area (Å²) in [5, 5.41) is 2.96. The molecule has 160 valence electrons. The van der Waals surface area contributed by atoms with Gasteiger partial charge in [0.05, 0.1) is 17.9 Å². The van der Waals surface area contributed by atoms with Gasteiger partial charge in [-0.15, -0.1) is 0 Å². The number of nitrogens with zero attached hydrogens (tertiary/aromatic N) is 2. The van der Waals surface area contributed by atoms with Crippen LogP contribution in [0.25, 0.3) is 11.3 Å². The van der Waals surface area contributed by atoms with Crippen molar-refractivity contribution in [2.24, 2.45) is 0 Å². The summed E-state index contributed by atoms with van der Waals surface area (Å²) in [4.78, 5) is 17.2. The number of benzene rings is 3. The van der Waals surface area contributed by atoms with Crippen LogP contribution < -0.4 is 5.32 Å². The van der Waals surface area contributed by atoms with E-state index in [0.29, 0.717) is 25.1 Å². The van der Waals surface area contributed by atoms with Crippen molar-refractivity contribution in [3.8, 4) is 11.3 Å². The molecule has 32 heavy (non-hydrogen) atoms. The summed E-state index contributed by atoms with van der Waals surface area (Å²) in [6.45, 7) is 6.51. The Kier molecular flexibility index (Phi) is 6.61. The predicted molar refractivity (Wildman–Crippen MR) is 129 cm³/mol. The smallest absolute Gasteiger partial charge is 0.246 e. The molecule has 0 aliphatic heterocycles. The van der Waals surface area contributed by atoms with Gasteiger partial charge in [0.25, 0.3) is 0 Å². The standard InChI is InChI=1S/C28H27N3O/c1-21(2)28(32)29-19-25-27(24-16-10-5-11-17-24)31(20-23-14-8-4-9-15-23)26(30-25)18-22-12-6-3-7-13-22/h3-17H,1,18-20H2,2H3,(H,29,32). The van der Waals surface area contributed by atoms with Crippen LogP contribution in [0.1, 0.15) is 29.6 Å². The molecule has 1 heterocycles. The average Bonchev–Trinajstić information content (AvgIpc) is 3.15. The second kappa shape index (κ2) is 9.92. The van der Waals surface area contributed by atoms with Gasteiger partial charge in [-0.3, -0.25) is 4.79 Å². The van der Waals surface area contributed by atoms with Crippen molar-refractivity contribution in [3.05, 3.63) is 126 Å². The van der Waals surface area contributed by atoms with E-state index in [1.54, 1.807) is 6.92 Å².